The molecule has 24 heavy (non-hydrogen) atoms. The summed E-state index contributed by atoms with van der Waals surface area (Å²) >= 11 is 5.94. The van der Waals surface area contributed by atoms with Crippen molar-refractivity contribution in [3.8, 4) is 0 Å². The first-order valence-electron chi connectivity index (χ1n) is 7.93. The molecule has 0 aliphatic heterocycles. The molecule has 0 spiro atoms. The lowest BCUT2D eigenvalue weighted by Gasteiger charge is -2.32. The number of carbonyl (C=O) groups is 3. The van der Waals surface area contributed by atoms with Crippen molar-refractivity contribution in [3.63, 3.8) is 0 Å². The van der Waals surface area contributed by atoms with Gasteiger partial charge in [-0.1, -0.05) is 30.9 Å². The Balaban J connectivity index is 2.18. The quantitative estimate of drug-likeness (QED) is 0.758. The van der Waals surface area contributed by atoms with Crippen molar-refractivity contribution in [2.45, 2.75) is 38.5 Å². The normalized spacial score (nSPS) is 16.2. The summed E-state index contributed by atoms with van der Waals surface area (Å²) < 4.78 is 0. The van der Waals surface area contributed by atoms with E-state index >= 15 is 0 Å². The van der Waals surface area contributed by atoms with Gasteiger partial charge in [0.05, 0.1) is 16.7 Å². The lowest BCUT2D eigenvalue weighted by molar-refractivity contribution is -0.153. The van der Waals surface area contributed by atoms with Crippen molar-refractivity contribution in [2.24, 2.45) is 5.41 Å². The van der Waals surface area contributed by atoms with Crippen LogP contribution in [0.5, 0.6) is 0 Å². The third-order valence-corrected chi connectivity index (χ3v) is 4.73. The zero-order chi connectivity index (χ0) is 17.7. The molecule has 0 atom stereocenters. The first kappa shape index (κ1) is 18.3. The number of carboxylic acid groups (broad SMARTS) is 1. The zero-order valence-electron chi connectivity index (χ0n) is 13.5. The maximum atomic E-state index is 12.4. The highest BCUT2D eigenvalue weighted by molar-refractivity contribution is 6.31. The van der Waals surface area contributed by atoms with E-state index in [0.717, 1.165) is 19.3 Å². The van der Waals surface area contributed by atoms with E-state index in [1.807, 2.05) is 0 Å². The van der Waals surface area contributed by atoms with E-state index in [1.54, 1.807) is 6.07 Å². The molecule has 1 aromatic rings. The topological polar surface area (TPSA) is 95.5 Å². The molecule has 3 N–H and O–H groups in total. The monoisotopic (exact) mass is 352 g/mol. The van der Waals surface area contributed by atoms with Crippen LogP contribution in [-0.4, -0.2) is 29.9 Å². The molecular formula is C17H21ClN2O4. The van der Waals surface area contributed by atoms with Gasteiger partial charge in [0, 0.05) is 18.5 Å². The van der Waals surface area contributed by atoms with Crippen LogP contribution < -0.4 is 10.6 Å². The number of carboxylic acids is 1. The first-order chi connectivity index (χ1) is 11.4. The van der Waals surface area contributed by atoms with Crippen molar-refractivity contribution in [3.05, 3.63) is 28.8 Å². The van der Waals surface area contributed by atoms with Crippen molar-refractivity contribution in [1.29, 1.82) is 0 Å². The zero-order valence-corrected chi connectivity index (χ0v) is 14.3. The maximum absolute atomic E-state index is 12.4. The molecule has 0 heterocycles. The van der Waals surface area contributed by atoms with Crippen molar-refractivity contribution in [1.82, 2.24) is 5.32 Å². The van der Waals surface area contributed by atoms with Crippen LogP contribution in [-0.2, 0) is 9.59 Å². The number of halogens is 1. The molecule has 1 aliphatic carbocycles. The molecule has 0 bridgehead atoms. The van der Waals surface area contributed by atoms with Crippen LogP contribution >= 0.6 is 11.6 Å². The molecule has 7 heteroatoms. The Morgan fingerprint density at radius 1 is 1.21 bits per heavy atom. The highest BCUT2D eigenvalue weighted by Gasteiger charge is 2.41. The minimum atomic E-state index is -1.02. The van der Waals surface area contributed by atoms with E-state index in [4.69, 9.17) is 11.6 Å². The summed E-state index contributed by atoms with van der Waals surface area (Å²) in [5, 5.41) is 15.1. The Hall–Kier alpha value is -2.08. The van der Waals surface area contributed by atoms with E-state index in [2.05, 4.69) is 10.6 Å². The van der Waals surface area contributed by atoms with Crippen LogP contribution in [0.4, 0.5) is 5.69 Å². The predicted octanol–water partition coefficient (Wildman–Crippen LogP) is 3.06. The summed E-state index contributed by atoms with van der Waals surface area (Å²) in [6.45, 7) is 0. The summed E-state index contributed by atoms with van der Waals surface area (Å²) in [5.41, 5.74) is -0.458. The van der Waals surface area contributed by atoms with Crippen LogP contribution in [0.2, 0.25) is 5.02 Å². The summed E-state index contributed by atoms with van der Waals surface area (Å²) in [4.78, 5) is 36.0. The molecular weight excluding hydrogens is 332 g/mol. The van der Waals surface area contributed by atoms with Gasteiger partial charge in [-0.15, -0.1) is 0 Å². The Kier molecular flexibility index (Phi) is 5.83. The van der Waals surface area contributed by atoms with Crippen molar-refractivity contribution >= 4 is 35.1 Å². The number of hydrogen-bond donors (Lipinski definition) is 3. The fourth-order valence-electron chi connectivity index (χ4n) is 3.15. The van der Waals surface area contributed by atoms with Gasteiger partial charge in [-0.2, -0.15) is 0 Å². The van der Waals surface area contributed by atoms with E-state index in [-0.39, 0.29) is 23.6 Å². The Morgan fingerprint density at radius 2 is 1.88 bits per heavy atom. The van der Waals surface area contributed by atoms with Gasteiger partial charge in [0.25, 0.3) is 5.91 Å². The van der Waals surface area contributed by atoms with E-state index in [0.29, 0.717) is 17.9 Å². The standard InChI is InChI=1S/C17H21ClN2O4/c1-19-15(22)12-6-5-11(18)9-13(12)20-14(21)10-17(16(23)24)7-3-2-4-8-17/h5-6,9H,2-4,7-8,10H2,1H3,(H,19,22)(H,20,21)(H,23,24). The molecule has 1 aliphatic rings. The molecule has 2 rings (SSSR count). The molecule has 1 saturated carbocycles. The minimum absolute atomic E-state index is 0.109. The number of hydrogen-bond acceptors (Lipinski definition) is 3. The number of amides is 2. The van der Waals surface area contributed by atoms with Gasteiger partial charge in [0.2, 0.25) is 5.91 Å². The first-order valence-corrected chi connectivity index (χ1v) is 8.31. The van der Waals surface area contributed by atoms with Crippen LogP contribution in [0.25, 0.3) is 0 Å². The third kappa shape index (κ3) is 4.06. The fraction of sp³-hybridized carbons (Fsp3) is 0.471. The van der Waals surface area contributed by atoms with Crippen molar-refractivity contribution < 1.29 is 19.5 Å². The van der Waals surface area contributed by atoms with Crippen LogP contribution in [0, 0.1) is 5.41 Å². The predicted molar refractivity (Wildman–Crippen MR) is 91.2 cm³/mol. The number of benzene rings is 1. The molecule has 2 amide bonds. The van der Waals surface area contributed by atoms with Gasteiger partial charge >= 0.3 is 5.97 Å². The van der Waals surface area contributed by atoms with Gasteiger partial charge in [0.1, 0.15) is 0 Å². The molecule has 0 saturated heterocycles. The maximum Gasteiger partial charge on any atom is 0.310 e. The SMILES string of the molecule is CNC(=O)c1ccc(Cl)cc1NC(=O)CC1(C(=O)O)CCCCC1. The second kappa shape index (κ2) is 7.66. The Morgan fingerprint density at radius 3 is 2.46 bits per heavy atom. The van der Waals surface area contributed by atoms with E-state index < -0.39 is 17.3 Å². The fourth-order valence-corrected chi connectivity index (χ4v) is 3.32. The van der Waals surface area contributed by atoms with Crippen LogP contribution in [0.15, 0.2) is 18.2 Å². The number of anilines is 1. The van der Waals surface area contributed by atoms with Gasteiger partial charge in [-0.05, 0) is 31.0 Å². The molecule has 0 unspecified atom stereocenters. The number of aliphatic carboxylic acids is 1. The molecule has 130 valence electrons. The number of carbonyl (C=O) groups excluding carboxylic acids is 2. The summed E-state index contributed by atoms with van der Waals surface area (Å²) in [5.74, 6) is -1.71. The van der Waals surface area contributed by atoms with E-state index in [9.17, 15) is 19.5 Å². The summed E-state index contributed by atoms with van der Waals surface area (Å²) in [6, 6.07) is 4.56. The average Bonchev–Trinajstić information content (AvgIpc) is 2.55. The Bertz CT molecular complexity index is 654. The largest absolute Gasteiger partial charge is 0.481 e. The second-order valence-corrected chi connectivity index (χ2v) is 6.58. The van der Waals surface area contributed by atoms with Crippen LogP contribution in [0.3, 0.4) is 0 Å². The number of rotatable bonds is 5. The smallest absolute Gasteiger partial charge is 0.310 e. The van der Waals surface area contributed by atoms with Crippen LogP contribution in [0.1, 0.15) is 48.9 Å². The average molecular weight is 353 g/mol. The minimum Gasteiger partial charge on any atom is -0.481 e. The highest BCUT2D eigenvalue weighted by atomic mass is 35.5. The molecule has 0 aromatic heterocycles. The van der Waals surface area contributed by atoms with Gasteiger partial charge in [-0.25, -0.2) is 0 Å². The molecule has 1 fully saturated rings. The summed E-state index contributed by atoms with van der Waals surface area (Å²) in [6.07, 6.45) is 3.48. The summed E-state index contributed by atoms with van der Waals surface area (Å²) in [7, 11) is 1.49. The van der Waals surface area contributed by atoms with Crippen molar-refractivity contribution in [2.75, 3.05) is 12.4 Å². The third-order valence-electron chi connectivity index (χ3n) is 4.49. The van der Waals surface area contributed by atoms with Gasteiger partial charge in [-0.3, -0.25) is 14.4 Å². The van der Waals surface area contributed by atoms with E-state index in [1.165, 1.54) is 19.2 Å². The Labute approximate surface area is 145 Å². The second-order valence-electron chi connectivity index (χ2n) is 6.14. The van der Waals surface area contributed by atoms with Gasteiger partial charge < -0.3 is 15.7 Å². The molecule has 6 nitrogen and oxygen atoms in total. The lowest BCUT2D eigenvalue weighted by atomic mass is 9.71. The molecule has 0 radical (unpaired) electrons. The molecule has 1 aromatic carbocycles. The lowest BCUT2D eigenvalue weighted by Crippen LogP contribution is -2.37. The van der Waals surface area contributed by atoms with Gasteiger partial charge in [0.15, 0.2) is 0 Å². The number of nitrogens with one attached hydrogen (secondary N) is 2. The highest BCUT2D eigenvalue weighted by Crippen LogP contribution is 2.40.